The quantitative estimate of drug-likeness (QED) is 0.713. The molecule has 0 aromatic heterocycles. The van der Waals surface area contributed by atoms with E-state index in [4.69, 9.17) is 0 Å². The Balaban J connectivity index is 2.30. The van der Waals surface area contributed by atoms with Crippen molar-refractivity contribution in [2.45, 2.75) is 65.8 Å². The van der Waals surface area contributed by atoms with Crippen LogP contribution in [0.1, 0.15) is 59.8 Å². The van der Waals surface area contributed by atoms with E-state index in [1.54, 1.807) is 0 Å². The zero-order valence-electron chi connectivity index (χ0n) is 13.0. The van der Waals surface area contributed by atoms with Crippen molar-refractivity contribution in [3.8, 4) is 0 Å². The highest BCUT2D eigenvalue weighted by Crippen LogP contribution is 2.23. The third kappa shape index (κ3) is 5.27. The van der Waals surface area contributed by atoms with Gasteiger partial charge in [0.2, 0.25) is 0 Å². The molecule has 1 saturated heterocycles. The summed E-state index contributed by atoms with van der Waals surface area (Å²) in [5.41, 5.74) is 0. The molecule has 0 aliphatic carbocycles. The summed E-state index contributed by atoms with van der Waals surface area (Å²) in [6, 6.07) is 0.833. The third-order valence-electron chi connectivity index (χ3n) is 4.69. The van der Waals surface area contributed by atoms with Gasteiger partial charge in [-0.25, -0.2) is 0 Å². The lowest BCUT2D eigenvalue weighted by Gasteiger charge is -2.38. The van der Waals surface area contributed by atoms with Crippen LogP contribution in [0, 0.1) is 11.8 Å². The molecular formula is C16H34N2. The Labute approximate surface area is 115 Å². The van der Waals surface area contributed by atoms with Crippen molar-refractivity contribution in [3.05, 3.63) is 0 Å². The zero-order valence-corrected chi connectivity index (χ0v) is 13.0. The number of nitrogens with one attached hydrogen (secondary N) is 1. The van der Waals surface area contributed by atoms with Gasteiger partial charge in [0.05, 0.1) is 0 Å². The van der Waals surface area contributed by atoms with Crippen LogP contribution in [0.3, 0.4) is 0 Å². The van der Waals surface area contributed by atoms with E-state index in [0.717, 1.165) is 24.4 Å². The van der Waals surface area contributed by atoms with Gasteiger partial charge in [0.1, 0.15) is 0 Å². The first kappa shape index (κ1) is 16.0. The molecule has 0 aromatic rings. The van der Waals surface area contributed by atoms with Crippen LogP contribution >= 0.6 is 0 Å². The van der Waals surface area contributed by atoms with Gasteiger partial charge in [0, 0.05) is 6.04 Å². The van der Waals surface area contributed by atoms with E-state index in [1.165, 1.54) is 51.7 Å². The number of hydrogen-bond acceptors (Lipinski definition) is 2. The molecule has 108 valence electrons. The molecule has 1 aliphatic rings. The Hall–Kier alpha value is -0.0800. The lowest BCUT2D eigenvalue weighted by molar-refractivity contribution is 0.112. The van der Waals surface area contributed by atoms with Crippen molar-refractivity contribution >= 4 is 0 Å². The Morgan fingerprint density at radius 3 is 2.28 bits per heavy atom. The highest BCUT2D eigenvalue weighted by atomic mass is 15.2. The van der Waals surface area contributed by atoms with Gasteiger partial charge in [-0.15, -0.1) is 0 Å². The maximum atomic E-state index is 3.50. The van der Waals surface area contributed by atoms with E-state index in [2.05, 4.69) is 37.9 Å². The topological polar surface area (TPSA) is 15.3 Å². The summed E-state index contributed by atoms with van der Waals surface area (Å²) in [7, 11) is 0. The molecule has 1 fully saturated rings. The van der Waals surface area contributed by atoms with Crippen molar-refractivity contribution in [2.24, 2.45) is 11.8 Å². The van der Waals surface area contributed by atoms with Gasteiger partial charge in [-0.3, -0.25) is 0 Å². The van der Waals surface area contributed by atoms with Crippen LogP contribution < -0.4 is 5.32 Å². The normalized spacial score (nSPS) is 22.0. The Morgan fingerprint density at radius 2 is 1.78 bits per heavy atom. The predicted octanol–water partition coefficient (Wildman–Crippen LogP) is 3.52. The van der Waals surface area contributed by atoms with Crippen LogP contribution in [0.4, 0.5) is 0 Å². The minimum atomic E-state index is 0.833. The number of hydrogen-bond donors (Lipinski definition) is 1. The molecule has 0 spiro atoms. The van der Waals surface area contributed by atoms with E-state index in [-0.39, 0.29) is 0 Å². The average molecular weight is 254 g/mol. The second-order valence-corrected chi connectivity index (χ2v) is 6.10. The van der Waals surface area contributed by atoms with Gasteiger partial charge in [-0.2, -0.15) is 0 Å². The first-order chi connectivity index (χ1) is 8.71. The smallest absolute Gasteiger partial charge is 0.00951 e. The van der Waals surface area contributed by atoms with Crippen molar-refractivity contribution < 1.29 is 0 Å². The van der Waals surface area contributed by atoms with E-state index >= 15 is 0 Å². The second kappa shape index (κ2) is 8.92. The molecule has 2 heteroatoms. The average Bonchev–Trinajstić information content (AvgIpc) is 2.42. The number of piperidine rings is 1. The maximum Gasteiger partial charge on any atom is 0.00951 e. The van der Waals surface area contributed by atoms with E-state index in [9.17, 15) is 0 Å². The molecule has 18 heavy (non-hydrogen) atoms. The highest BCUT2D eigenvalue weighted by Gasteiger charge is 2.24. The van der Waals surface area contributed by atoms with Crippen LogP contribution in [0.5, 0.6) is 0 Å². The maximum absolute atomic E-state index is 3.50. The molecule has 1 N–H and O–H groups in total. The number of likely N-dealkylation sites (tertiary alicyclic amines) is 1. The fourth-order valence-electron chi connectivity index (χ4n) is 3.08. The van der Waals surface area contributed by atoms with Crippen LogP contribution in [0.15, 0.2) is 0 Å². The van der Waals surface area contributed by atoms with Crippen LogP contribution in [0.2, 0.25) is 0 Å². The summed E-state index contributed by atoms with van der Waals surface area (Å²) in [5, 5.41) is 3.50. The van der Waals surface area contributed by atoms with Gasteiger partial charge in [-0.1, -0.05) is 34.1 Å². The van der Waals surface area contributed by atoms with E-state index in [0.29, 0.717) is 0 Å². The molecule has 1 aliphatic heterocycles. The SMILES string of the molecule is CCNCC1CCN(C(CC)CC(C)CC)CC1. The van der Waals surface area contributed by atoms with Crippen molar-refractivity contribution in [3.63, 3.8) is 0 Å². The Bertz CT molecular complexity index is 197. The lowest BCUT2D eigenvalue weighted by atomic mass is 9.91. The number of rotatable bonds is 8. The minimum absolute atomic E-state index is 0.833. The number of nitrogens with zero attached hydrogens (tertiary/aromatic N) is 1. The second-order valence-electron chi connectivity index (χ2n) is 6.10. The molecular weight excluding hydrogens is 220 g/mol. The highest BCUT2D eigenvalue weighted by molar-refractivity contribution is 4.79. The molecule has 0 saturated carbocycles. The largest absolute Gasteiger partial charge is 0.317 e. The molecule has 0 amide bonds. The summed E-state index contributed by atoms with van der Waals surface area (Å²) in [6.45, 7) is 14.3. The summed E-state index contributed by atoms with van der Waals surface area (Å²) < 4.78 is 0. The molecule has 0 aromatic carbocycles. The van der Waals surface area contributed by atoms with E-state index in [1.807, 2.05) is 0 Å². The van der Waals surface area contributed by atoms with E-state index < -0.39 is 0 Å². The fraction of sp³-hybridized carbons (Fsp3) is 1.00. The fourth-order valence-corrected chi connectivity index (χ4v) is 3.08. The van der Waals surface area contributed by atoms with Crippen LogP contribution in [-0.2, 0) is 0 Å². The molecule has 1 heterocycles. The first-order valence-electron chi connectivity index (χ1n) is 8.15. The Kier molecular flexibility index (Phi) is 7.92. The zero-order chi connectivity index (χ0) is 13.4. The van der Waals surface area contributed by atoms with Crippen molar-refractivity contribution in [2.75, 3.05) is 26.2 Å². The lowest BCUT2D eigenvalue weighted by Crippen LogP contribution is -2.43. The van der Waals surface area contributed by atoms with Gasteiger partial charge in [0.15, 0.2) is 0 Å². The summed E-state index contributed by atoms with van der Waals surface area (Å²) in [4.78, 5) is 2.76. The Morgan fingerprint density at radius 1 is 1.11 bits per heavy atom. The first-order valence-corrected chi connectivity index (χ1v) is 8.15. The third-order valence-corrected chi connectivity index (χ3v) is 4.69. The van der Waals surface area contributed by atoms with Gasteiger partial charge >= 0.3 is 0 Å². The van der Waals surface area contributed by atoms with Gasteiger partial charge in [0.25, 0.3) is 0 Å². The minimum Gasteiger partial charge on any atom is -0.317 e. The summed E-state index contributed by atoms with van der Waals surface area (Å²) >= 11 is 0. The molecule has 2 atom stereocenters. The molecule has 2 nitrogen and oxygen atoms in total. The summed E-state index contributed by atoms with van der Waals surface area (Å²) in [6.07, 6.45) is 6.83. The standard InChI is InChI=1S/C16H34N2/c1-5-14(4)12-16(6-2)18-10-8-15(9-11-18)13-17-7-3/h14-17H,5-13H2,1-4H3. The van der Waals surface area contributed by atoms with Crippen LogP contribution in [-0.4, -0.2) is 37.1 Å². The predicted molar refractivity (Wildman–Crippen MR) is 81.0 cm³/mol. The molecule has 2 unspecified atom stereocenters. The van der Waals surface area contributed by atoms with Crippen molar-refractivity contribution in [1.82, 2.24) is 10.2 Å². The van der Waals surface area contributed by atoms with Gasteiger partial charge in [-0.05, 0) is 63.7 Å². The summed E-state index contributed by atoms with van der Waals surface area (Å²) in [5.74, 6) is 1.80. The van der Waals surface area contributed by atoms with Gasteiger partial charge < -0.3 is 10.2 Å². The molecule has 0 bridgehead atoms. The molecule has 1 rings (SSSR count). The monoisotopic (exact) mass is 254 g/mol. The molecule has 0 radical (unpaired) electrons. The van der Waals surface area contributed by atoms with Crippen LogP contribution in [0.25, 0.3) is 0 Å². The van der Waals surface area contributed by atoms with Crippen molar-refractivity contribution in [1.29, 1.82) is 0 Å².